The number of nitrogens with two attached hydrogens (primary N) is 2. The van der Waals surface area contributed by atoms with Gasteiger partial charge in [0, 0.05) is 11.8 Å². The molecule has 5 N–H and O–H groups in total. The standard InChI is InChI=1S/C8H13N5/c1-5(3-9)7(4-10)8-11-6(2)12-13-8/h3-4H,9-10H2,1-2H3,(H,11,12,13)/b5-3-,7-4+. The fourth-order valence-corrected chi connectivity index (χ4v) is 0.935. The third-order valence-electron chi connectivity index (χ3n) is 1.68. The van der Waals surface area contributed by atoms with Crippen LogP contribution < -0.4 is 11.5 Å². The molecule has 0 spiro atoms. The predicted molar refractivity (Wildman–Crippen MR) is 51.2 cm³/mol. The largest absolute Gasteiger partial charge is 0.404 e. The molecule has 0 aromatic carbocycles. The first-order valence-electron chi connectivity index (χ1n) is 3.89. The molecule has 0 saturated carbocycles. The van der Waals surface area contributed by atoms with Crippen molar-refractivity contribution >= 4 is 5.57 Å². The van der Waals surface area contributed by atoms with Crippen molar-refractivity contribution in [1.29, 1.82) is 0 Å². The van der Waals surface area contributed by atoms with Gasteiger partial charge in [0.25, 0.3) is 0 Å². The van der Waals surface area contributed by atoms with Crippen molar-refractivity contribution in [2.45, 2.75) is 13.8 Å². The summed E-state index contributed by atoms with van der Waals surface area (Å²) in [4.78, 5) is 4.14. The van der Waals surface area contributed by atoms with E-state index in [2.05, 4.69) is 15.2 Å². The molecule has 1 heterocycles. The van der Waals surface area contributed by atoms with E-state index in [9.17, 15) is 0 Å². The first-order valence-corrected chi connectivity index (χ1v) is 3.89. The highest BCUT2D eigenvalue weighted by Crippen LogP contribution is 2.16. The fraction of sp³-hybridized carbons (Fsp3) is 0.250. The van der Waals surface area contributed by atoms with E-state index in [1.165, 1.54) is 12.4 Å². The normalized spacial score (nSPS) is 13.4. The molecule has 0 aliphatic carbocycles. The summed E-state index contributed by atoms with van der Waals surface area (Å²) >= 11 is 0. The fourth-order valence-electron chi connectivity index (χ4n) is 0.935. The van der Waals surface area contributed by atoms with Gasteiger partial charge in [-0.05, 0) is 25.6 Å². The molecular weight excluding hydrogens is 166 g/mol. The van der Waals surface area contributed by atoms with Gasteiger partial charge in [0.15, 0.2) is 5.82 Å². The molecular formula is C8H13N5. The maximum absolute atomic E-state index is 5.44. The van der Waals surface area contributed by atoms with Crippen molar-refractivity contribution in [3.05, 3.63) is 29.6 Å². The predicted octanol–water partition coefficient (Wildman–Crippen LogP) is 0.275. The van der Waals surface area contributed by atoms with Crippen LogP contribution in [-0.2, 0) is 0 Å². The van der Waals surface area contributed by atoms with Crippen LogP contribution in [0.1, 0.15) is 18.6 Å². The topological polar surface area (TPSA) is 93.6 Å². The summed E-state index contributed by atoms with van der Waals surface area (Å²) < 4.78 is 0. The smallest absolute Gasteiger partial charge is 0.182 e. The maximum Gasteiger partial charge on any atom is 0.182 e. The number of nitrogens with one attached hydrogen (secondary N) is 1. The van der Waals surface area contributed by atoms with E-state index in [0.29, 0.717) is 5.82 Å². The number of aromatic nitrogens is 3. The zero-order valence-electron chi connectivity index (χ0n) is 7.70. The monoisotopic (exact) mass is 179 g/mol. The minimum Gasteiger partial charge on any atom is -0.404 e. The Morgan fingerprint density at radius 3 is 2.46 bits per heavy atom. The lowest BCUT2D eigenvalue weighted by Crippen LogP contribution is -1.96. The SMILES string of the molecule is CC(=C/N)/C(=C\N)c1n[nH]c(C)n1. The second-order valence-electron chi connectivity index (χ2n) is 2.67. The summed E-state index contributed by atoms with van der Waals surface area (Å²) in [6.07, 6.45) is 2.92. The summed E-state index contributed by atoms with van der Waals surface area (Å²) in [7, 11) is 0. The van der Waals surface area contributed by atoms with Crippen molar-refractivity contribution in [2.75, 3.05) is 0 Å². The van der Waals surface area contributed by atoms with Crippen LogP contribution in [0.2, 0.25) is 0 Å². The first-order chi connectivity index (χ1) is 6.19. The van der Waals surface area contributed by atoms with Gasteiger partial charge in [-0.15, -0.1) is 0 Å². The third-order valence-corrected chi connectivity index (χ3v) is 1.68. The van der Waals surface area contributed by atoms with Crippen LogP contribution in [0.15, 0.2) is 18.0 Å². The Bertz CT molecular complexity index is 347. The molecule has 0 amide bonds. The van der Waals surface area contributed by atoms with Gasteiger partial charge in [-0.1, -0.05) is 0 Å². The van der Waals surface area contributed by atoms with Crippen molar-refractivity contribution in [2.24, 2.45) is 11.5 Å². The summed E-state index contributed by atoms with van der Waals surface area (Å²) in [5, 5.41) is 6.71. The highest BCUT2D eigenvalue weighted by molar-refractivity contribution is 5.73. The Kier molecular flexibility index (Phi) is 2.69. The minimum atomic E-state index is 0.569. The van der Waals surface area contributed by atoms with Crippen LogP contribution in [-0.4, -0.2) is 15.2 Å². The van der Waals surface area contributed by atoms with Crippen LogP contribution in [0.25, 0.3) is 5.57 Å². The lowest BCUT2D eigenvalue weighted by Gasteiger charge is -1.99. The highest BCUT2D eigenvalue weighted by atomic mass is 15.2. The van der Waals surface area contributed by atoms with Crippen LogP contribution in [0.4, 0.5) is 0 Å². The molecule has 0 atom stereocenters. The van der Waals surface area contributed by atoms with Gasteiger partial charge in [-0.3, -0.25) is 5.10 Å². The number of hydrogen-bond acceptors (Lipinski definition) is 4. The van der Waals surface area contributed by atoms with Crippen LogP contribution in [0, 0.1) is 6.92 Å². The van der Waals surface area contributed by atoms with Crippen LogP contribution >= 0.6 is 0 Å². The van der Waals surface area contributed by atoms with Gasteiger partial charge < -0.3 is 11.5 Å². The maximum atomic E-state index is 5.44. The molecule has 0 radical (unpaired) electrons. The molecule has 0 bridgehead atoms. The number of aryl methyl sites for hydroxylation is 1. The second kappa shape index (κ2) is 3.75. The first kappa shape index (κ1) is 9.31. The average molecular weight is 179 g/mol. The lowest BCUT2D eigenvalue weighted by molar-refractivity contribution is 1.03. The Balaban J connectivity index is 3.06. The van der Waals surface area contributed by atoms with Gasteiger partial charge in [0.2, 0.25) is 0 Å². The molecule has 13 heavy (non-hydrogen) atoms. The van der Waals surface area contributed by atoms with E-state index in [0.717, 1.165) is 17.0 Å². The van der Waals surface area contributed by atoms with E-state index < -0.39 is 0 Å². The van der Waals surface area contributed by atoms with Gasteiger partial charge in [0.05, 0.1) is 0 Å². The number of H-pyrrole nitrogens is 1. The zero-order chi connectivity index (χ0) is 9.84. The van der Waals surface area contributed by atoms with Crippen molar-refractivity contribution in [3.63, 3.8) is 0 Å². The zero-order valence-corrected chi connectivity index (χ0v) is 7.70. The average Bonchev–Trinajstić information content (AvgIpc) is 2.53. The Hall–Kier alpha value is -1.78. The number of allylic oxidation sites excluding steroid dienone is 2. The van der Waals surface area contributed by atoms with Crippen LogP contribution in [0.3, 0.4) is 0 Å². The van der Waals surface area contributed by atoms with Crippen molar-refractivity contribution in [3.8, 4) is 0 Å². The molecule has 0 aliphatic heterocycles. The lowest BCUT2D eigenvalue weighted by atomic mass is 10.1. The van der Waals surface area contributed by atoms with E-state index in [4.69, 9.17) is 11.5 Å². The molecule has 0 saturated heterocycles. The van der Waals surface area contributed by atoms with E-state index in [-0.39, 0.29) is 0 Å². The molecule has 70 valence electrons. The molecule has 1 aromatic rings. The second-order valence-corrected chi connectivity index (χ2v) is 2.67. The summed E-state index contributed by atoms with van der Waals surface area (Å²) in [6, 6.07) is 0. The van der Waals surface area contributed by atoms with Crippen LogP contribution in [0.5, 0.6) is 0 Å². The summed E-state index contributed by atoms with van der Waals surface area (Å²) in [5.41, 5.74) is 12.4. The molecule has 1 aromatic heterocycles. The molecule has 1 rings (SSSR count). The Labute approximate surface area is 76.5 Å². The summed E-state index contributed by atoms with van der Waals surface area (Å²) in [5.74, 6) is 1.32. The number of rotatable bonds is 2. The molecule has 0 fully saturated rings. The van der Waals surface area contributed by atoms with Crippen molar-refractivity contribution < 1.29 is 0 Å². The third kappa shape index (κ3) is 1.87. The molecule has 0 unspecified atom stereocenters. The quantitative estimate of drug-likeness (QED) is 0.568. The number of hydrogen-bond donors (Lipinski definition) is 3. The minimum absolute atomic E-state index is 0.569. The number of aromatic amines is 1. The summed E-state index contributed by atoms with van der Waals surface area (Å²) in [6.45, 7) is 3.68. The van der Waals surface area contributed by atoms with Crippen molar-refractivity contribution in [1.82, 2.24) is 15.2 Å². The Morgan fingerprint density at radius 1 is 1.38 bits per heavy atom. The van der Waals surface area contributed by atoms with Gasteiger partial charge >= 0.3 is 0 Å². The molecule has 5 heteroatoms. The molecule has 0 aliphatic rings. The van der Waals surface area contributed by atoms with E-state index in [1.54, 1.807) is 0 Å². The van der Waals surface area contributed by atoms with E-state index >= 15 is 0 Å². The Morgan fingerprint density at radius 2 is 2.08 bits per heavy atom. The van der Waals surface area contributed by atoms with Gasteiger partial charge in [-0.2, -0.15) is 5.10 Å². The number of nitrogens with zero attached hydrogens (tertiary/aromatic N) is 2. The van der Waals surface area contributed by atoms with E-state index in [1.807, 2.05) is 13.8 Å². The van der Waals surface area contributed by atoms with Gasteiger partial charge in [0.1, 0.15) is 5.82 Å². The van der Waals surface area contributed by atoms with Gasteiger partial charge in [-0.25, -0.2) is 4.98 Å². The highest BCUT2D eigenvalue weighted by Gasteiger charge is 2.07. The molecule has 5 nitrogen and oxygen atoms in total.